The van der Waals surface area contributed by atoms with Crippen molar-refractivity contribution in [1.82, 2.24) is 4.98 Å². The molecule has 0 aliphatic rings. The lowest BCUT2D eigenvalue weighted by molar-refractivity contribution is 0.590. The van der Waals surface area contributed by atoms with Crippen LogP contribution in [0, 0.1) is 6.92 Å². The Morgan fingerprint density at radius 3 is 1.84 bits per heavy atom. The van der Waals surface area contributed by atoms with E-state index < -0.39 is 20.0 Å². The van der Waals surface area contributed by atoms with Gasteiger partial charge in [0.15, 0.2) is 5.82 Å². The number of nitrogens with zero attached hydrogens (tertiary/aromatic N) is 2. The summed E-state index contributed by atoms with van der Waals surface area (Å²) in [6.45, 7) is 5.54. The van der Waals surface area contributed by atoms with Gasteiger partial charge in [-0.25, -0.2) is 21.8 Å². The first-order chi connectivity index (χ1) is 8.53. The van der Waals surface area contributed by atoms with E-state index in [1.165, 1.54) is 12.1 Å². The average molecular weight is 329 g/mol. The Morgan fingerprint density at radius 1 is 1.05 bits per heavy atom. The number of hydrogen-bond acceptors (Lipinski definition) is 5. The second kappa shape index (κ2) is 6.53. The Balaban J connectivity index is 0.00000154. The number of anilines is 1. The fourth-order valence-electron chi connectivity index (χ4n) is 1.24. The quantitative estimate of drug-likeness (QED) is 0.790. The highest BCUT2D eigenvalue weighted by atomic mass is 35.5. The Morgan fingerprint density at radius 2 is 1.47 bits per heavy atom. The third-order valence-corrected chi connectivity index (χ3v) is 5.20. The smallest absolute Gasteiger partial charge is 0.217 e. The van der Waals surface area contributed by atoms with Crippen LogP contribution < -0.4 is 3.71 Å². The SMILES string of the molecule is CC.Cc1ccc(Cl)nc1N(S(C)(=O)=O)S(C)(=O)=O. The van der Waals surface area contributed by atoms with E-state index in [1.807, 2.05) is 13.8 Å². The zero-order valence-corrected chi connectivity index (χ0v) is 13.8. The number of aromatic nitrogens is 1. The summed E-state index contributed by atoms with van der Waals surface area (Å²) in [5.41, 5.74) is 0.394. The second-order valence-corrected chi connectivity index (χ2v) is 7.78. The number of pyridine rings is 1. The second-order valence-electron chi connectivity index (χ2n) is 3.50. The van der Waals surface area contributed by atoms with Gasteiger partial charge < -0.3 is 0 Å². The highest BCUT2D eigenvalue weighted by molar-refractivity contribution is 8.09. The van der Waals surface area contributed by atoms with Crippen molar-refractivity contribution in [3.8, 4) is 0 Å². The highest BCUT2D eigenvalue weighted by Crippen LogP contribution is 2.24. The predicted octanol–water partition coefficient (Wildman–Crippen LogP) is 1.80. The lowest BCUT2D eigenvalue weighted by Gasteiger charge is -2.20. The fourth-order valence-corrected chi connectivity index (χ4v) is 4.35. The fraction of sp³-hybridized carbons (Fsp3) is 0.500. The molecule has 1 aromatic rings. The molecular formula is C10H17ClN2O4S2. The summed E-state index contributed by atoms with van der Waals surface area (Å²) < 4.78 is 46.3. The third kappa shape index (κ3) is 4.96. The molecule has 0 amide bonds. The summed E-state index contributed by atoms with van der Waals surface area (Å²) in [6.07, 6.45) is 1.58. The van der Waals surface area contributed by atoms with Gasteiger partial charge in [-0.3, -0.25) is 0 Å². The number of halogens is 1. The molecule has 0 saturated heterocycles. The minimum atomic E-state index is -3.99. The number of sulfonamides is 2. The Kier molecular flexibility index (Phi) is 6.24. The summed E-state index contributed by atoms with van der Waals surface area (Å²) in [5.74, 6) is -0.206. The Labute approximate surface area is 119 Å². The van der Waals surface area contributed by atoms with E-state index in [1.54, 1.807) is 6.92 Å². The summed E-state index contributed by atoms with van der Waals surface area (Å²) >= 11 is 5.63. The normalized spacial score (nSPS) is 11.5. The molecule has 0 saturated carbocycles. The van der Waals surface area contributed by atoms with Crippen molar-refractivity contribution in [3.05, 3.63) is 22.8 Å². The topological polar surface area (TPSA) is 84.4 Å². The molecule has 0 bridgehead atoms. The highest BCUT2D eigenvalue weighted by Gasteiger charge is 2.29. The van der Waals surface area contributed by atoms with Gasteiger partial charge in [0.25, 0.3) is 0 Å². The Hall–Kier alpha value is -0.860. The predicted molar refractivity (Wildman–Crippen MR) is 77.5 cm³/mol. The van der Waals surface area contributed by atoms with Crippen LogP contribution in [0.2, 0.25) is 5.15 Å². The van der Waals surface area contributed by atoms with Gasteiger partial charge in [0.1, 0.15) is 5.15 Å². The molecule has 0 radical (unpaired) electrons. The first-order valence-corrected chi connectivity index (χ1v) is 9.44. The maximum atomic E-state index is 11.5. The zero-order chi connectivity index (χ0) is 15.4. The zero-order valence-electron chi connectivity index (χ0n) is 11.4. The van der Waals surface area contributed by atoms with Crippen LogP contribution in [0.1, 0.15) is 19.4 Å². The van der Waals surface area contributed by atoms with Crippen LogP contribution in [-0.2, 0) is 20.0 Å². The van der Waals surface area contributed by atoms with Crippen molar-refractivity contribution >= 4 is 37.5 Å². The van der Waals surface area contributed by atoms with Gasteiger partial charge in [0.05, 0.1) is 12.5 Å². The number of hydrogen-bond donors (Lipinski definition) is 0. The molecule has 0 aromatic carbocycles. The third-order valence-electron chi connectivity index (χ3n) is 1.81. The molecule has 9 heteroatoms. The van der Waals surface area contributed by atoms with Crippen molar-refractivity contribution in [2.24, 2.45) is 0 Å². The molecule has 0 unspecified atom stereocenters. The minimum absolute atomic E-state index is 0.0166. The first kappa shape index (κ1) is 18.1. The summed E-state index contributed by atoms with van der Waals surface area (Å²) in [6, 6.07) is 2.94. The molecule has 1 heterocycles. The van der Waals surface area contributed by atoms with E-state index in [9.17, 15) is 16.8 Å². The molecule has 0 atom stereocenters. The maximum Gasteiger partial charge on any atom is 0.246 e. The van der Waals surface area contributed by atoms with Crippen molar-refractivity contribution in [1.29, 1.82) is 0 Å². The van der Waals surface area contributed by atoms with Crippen LogP contribution in [0.25, 0.3) is 0 Å². The van der Waals surface area contributed by atoms with Crippen molar-refractivity contribution in [2.45, 2.75) is 20.8 Å². The molecule has 0 N–H and O–H groups in total. The molecule has 0 fully saturated rings. The van der Waals surface area contributed by atoms with Crippen LogP contribution in [0.15, 0.2) is 12.1 Å². The van der Waals surface area contributed by atoms with E-state index in [0.717, 1.165) is 12.5 Å². The summed E-state index contributed by atoms with van der Waals surface area (Å²) in [5, 5.41) is 0.0166. The van der Waals surface area contributed by atoms with Gasteiger partial charge >= 0.3 is 0 Å². The molecule has 6 nitrogen and oxygen atoms in total. The minimum Gasteiger partial charge on any atom is -0.217 e. The summed E-state index contributed by atoms with van der Waals surface area (Å²) in [7, 11) is -7.98. The van der Waals surface area contributed by atoms with Gasteiger partial charge in [0, 0.05) is 0 Å². The van der Waals surface area contributed by atoms with Crippen LogP contribution in [0.4, 0.5) is 5.82 Å². The number of rotatable bonds is 3. The van der Waals surface area contributed by atoms with E-state index >= 15 is 0 Å². The van der Waals surface area contributed by atoms with Crippen LogP contribution >= 0.6 is 11.6 Å². The molecule has 0 aliphatic heterocycles. The van der Waals surface area contributed by atoms with Gasteiger partial charge in [-0.05, 0) is 18.6 Å². The molecule has 19 heavy (non-hydrogen) atoms. The lowest BCUT2D eigenvalue weighted by Crippen LogP contribution is -2.36. The van der Waals surface area contributed by atoms with E-state index in [2.05, 4.69) is 4.98 Å². The Bertz CT molecular complexity index is 609. The average Bonchev–Trinajstić information content (AvgIpc) is 2.22. The van der Waals surface area contributed by atoms with Gasteiger partial charge in [-0.15, -0.1) is 3.71 Å². The van der Waals surface area contributed by atoms with Crippen LogP contribution in [0.3, 0.4) is 0 Å². The van der Waals surface area contributed by atoms with E-state index in [0.29, 0.717) is 5.56 Å². The van der Waals surface area contributed by atoms with Crippen molar-refractivity contribution in [2.75, 3.05) is 16.2 Å². The number of aryl methyl sites for hydroxylation is 1. The summed E-state index contributed by atoms with van der Waals surface area (Å²) in [4.78, 5) is 3.74. The van der Waals surface area contributed by atoms with Gasteiger partial charge in [-0.2, -0.15) is 0 Å². The standard InChI is InChI=1S/C8H11ClN2O4S2.C2H6/c1-6-4-5-7(9)10-8(6)11(16(2,12)13)17(3,14)15;1-2/h4-5H,1-3H3;1-2H3. The van der Waals surface area contributed by atoms with E-state index in [4.69, 9.17) is 11.6 Å². The van der Waals surface area contributed by atoms with Crippen molar-refractivity contribution < 1.29 is 16.8 Å². The monoisotopic (exact) mass is 328 g/mol. The molecule has 110 valence electrons. The first-order valence-electron chi connectivity index (χ1n) is 5.37. The van der Waals surface area contributed by atoms with Gasteiger partial charge in [0.2, 0.25) is 20.0 Å². The van der Waals surface area contributed by atoms with Crippen LogP contribution in [0.5, 0.6) is 0 Å². The molecular weight excluding hydrogens is 312 g/mol. The lowest BCUT2D eigenvalue weighted by atomic mass is 10.3. The van der Waals surface area contributed by atoms with Crippen molar-refractivity contribution in [3.63, 3.8) is 0 Å². The largest absolute Gasteiger partial charge is 0.246 e. The maximum absolute atomic E-state index is 11.5. The molecule has 1 aromatic heterocycles. The van der Waals surface area contributed by atoms with E-state index in [-0.39, 0.29) is 14.7 Å². The molecule has 1 rings (SSSR count). The van der Waals surface area contributed by atoms with Gasteiger partial charge in [-0.1, -0.05) is 31.5 Å². The molecule has 0 aliphatic carbocycles. The molecule has 0 spiro atoms. The van der Waals surface area contributed by atoms with Crippen LogP contribution in [-0.4, -0.2) is 34.3 Å².